The first-order valence-corrected chi connectivity index (χ1v) is 15.3. The van der Waals surface area contributed by atoms with E-state index in [1.54, 1.807) is 30.3 Å². The lowest BCUT2D eigenvalue weighted by Crippen LogP contribution is -2.48. The van der Waals surface area contributed by atoms with E-state index in [-0.39, 0.29) is 18.4 Å². The Morgan fingerprint density at radius 1 is 0.930 bits per heavy atom. The number of benzene rings is 2. The average Bonchev–Trinajstić information content (AvgIpc) is 3.86. The Balaban J connectivity index is 0.977. The maximum absolute atomic E-state index is 13.1. The summed E-state index contributed by atoms with van der Waals surface area (Å²) in [7, 11) is 3.76. The molecule has 1 amide bonds. The molecule has 9 heteroatoms. The van der Waals surface area contributed by atoms with Crippen LogP contribution in [-0.2, 0) is 6.61 Å². The molecule has 0 unspecified atom stereocenters. The fourth-order valence-corrected chi connectivity index (χ4v) is 5.73. The summed E-state index contributed by atoms with van der Waals surface area (Å²) < 4.78 is 17.6. The third-order valence-corrected chi connectivity index (χ3v) is 8.71. The number of aliphatic hydroxyl groups excluding tert-OH is 1. The van der Waals surface area contributed by atoms with Crippen LogP contribution in [-0.4, -0.2) is 103 Å². The van der Waals surface area contributed by atoms with Crippen molar-refractivity contribution in [2.75, 3.05) is 66.6 Å². The van der Waals surface area contributed by atoms with Crippen LogP contribution in [0.4, 0.5) is 0 Å². The van der Waals surface area contributed by atoms with Crippen molar-refractivity contribution in [3.8, 4) is 17.2 Å². The summed E-state index contributed by atoms with van der Waals surface area (Å²) in [6.45, 7) is 6.33. The Bertz CT molecular complexity index is 1380. The fraction of sp³-hybridized carbons (Fsp3) is 0.471. The van der Waals surface area contributed by atoms with Crippen molar-refractivity contribution in [1.29, 1.82) is 0 Å². The minimum Gasteiger partial charge on any atom is -0.493 e. The van der Waals surface area contributed by atoms with Crippen LogP contribution in [0, 0.1) is 0 Å². The maximum atomic E-state index is 13.1. The predicted molar refractivity (Wildman–Crippen MR) is 164 cm³/mol. The third-order valence-electron chi connectivity index (χ3n) is 8.71. The molecule has 0 radical (unpaired) electrons. The zero-order chi connectivity index (χ0) is 29.8. The molecule has 1 saturated carbocycles. The second-order valence-electron chi connectivity index (χ2n) is 12.1. The number of likely N-dealkylation sites (tertiary alicyclic amines) is 1. The number of methoxy groups -OCH3 is 1. The smallest absolute Gasteiger partial charge is 0.272 e. The number of likely N-dealkylation sites (N-methyl/N-ethyl adjacent to an activating group) is 1. The number of nitrogens with zero attached hydrogens (tertiary/aromatic N) is 4. The summed E-state index contributed by atoms with van der Waals surface area (Å²) in [6, 6.07) is 18.1. The SMILES string of the molecule is COc1cc(C2CN(C(=O)c3cc(OC[C@H](O)CN4CCN(C)CC4)ccn3)C2)ccc1OCc1ccc(C2CC2)cc1. The van der Waals surface area contributed by atoms with Crippen LogP contribution >= 0.6 is 0 Å². The van der Waals surface area contributed by atoms with Crippen LogP contribution in [0.3, 0.4) is 0 Å². The minimum atomic E-state index is -0.598. The molecule has 1 atom stereocenters. The van der Waals surface area contributed by atoms with Crippen molar-refractivity contribution in [3.63, 3.8) is 0 Å². The van der Waals surface area contributed by atoms with Crippen molar-refractivity contribution in [2.24, 2.45) is 0 Å². The van der Waals surface area contributed by atoms with Crippen LogP contribution in [0.25, 0.3) is 0 Å². The lowest BCUT2D eigenvalue weighted by atomic mass is 9.91. The average molecular weight is 587 g/mol. The molecule has 2 aromatic carbocycles. The molecule has 0 bridgehead atoms. The summed E-state index contributed by atoms with van der Waals surface area (Å²) in [5, 5.41) is 10.5. The number of aliphatic hydroxyl groups is 1. The van der Waals surface area contributed by atoms with Crippen LogP contribution < -0.4 is 14.2 Å². The first-order chi connectivity index (χ1) is 20.9. The van der Waals surface area contributed by atoms with Gasteiger partial charge >= 0.3 is 0 Å². The van der Waals surface area contributed by atoms with E-state index in [9.17, 15) is 9.90 Å². The number of carbonyl (C=O) groups is 1. The number of amides is 1. The van der Waals surface area contributed by atoms with Crippen molar-refractivity contribution < 1.29 is 24.1 Å². The van der Waals surface area contributed by atoms with Gasteiger partial charge in [0.2, 0.25) is 0 Å². The Morgan fingerprint density at radius 3 is 2.40 bits per heavy atom. The van der Waals surface area contributed by atoms with E-state index in [0.29, 0.717) is 49.2 Å². The van der Waals surface area contributed by atoms with Gasteiger partial charge in [-0.3, -0.25) is 14.7 Å². The van der Waals surface area contributed by atoms with Gasteiger partial charge in [-0.2, -0.15) is 0 Å². The number of piperazine rings is 1. The Morgan fingerprint density at radius 2 is 1.67 bits per heavy atom. The van der Waals surface area contributed by atoms with E-state index >= 15 is 0 Å². The normalized spacial score (nSPS) is 18.6. The van der Waals surface area contributed by atoms with Gasteiger partial charge in [0.05, 0.1) is 7.11 Å². The molecule has 3 fully saturated rings. The summed E-state index contributed by atoms with van der Waals surface area (Å²) in [4.78, 5) is 23.8. The molecule has 9 nitrogen and oxygen atoms in total. The van der Waals surface area contributed by atoms with E-state index in [2.05, 4.69) is 52.2 Å². The zero-order valence-corrected chi connectivity index (χ0v) is 25.2. The Labute approximate surface area is 254 Å². The molecule has 228 valence electrons. The molecular weight excluding hydrogens is 544 g/mol. The van der Waals surface area contributed by atoms with Crippen LogP contribution in [0.5, 0.6) is 17.2 Å². The number of hydrogen-bond acceptors (Lipinski definition) is 8. The monoisotopic (exact) mass is 586 g/mol. The number of β-amino-alcohol motifs (C(OH)–C–C–N with tert-alkyl or cyclic N) is 1. The molecule has 43 heavy (non-hydrogen) atoms. The van der Waals surface area contributed by atoms with Crippen molar-refractivity contribution >= 4 is 5.91 Å². The lowest BCUT2D eigenvalue weighted by Gasteiger charge is -2.39. The number of carbonyl (C=O) groups excluding carboxylic acids is 1. The van der Waals surface area contributed by atoms with Gasteiger partial charge in [0.25, 0.3) is 5.91 Å². The molecular formula is C34H42N4O5. The molecule has 1 N–H and O–H groups in total. The van der Waals surface area contributed by atoms with E-state index in [0.717, 1.165) is 43.2 Å². The van der Waals surface area contributed by atoms with Gasteiger partial charge in [-0.15, -0.1) is 0 Å². The van der Waals surface area contributed by atoms with Crippen molar-refractivity contribution in [2.45, 2.75) is 37.4 Å². The number of aromatic nitrogens is 1. The van der Waals surface area contributed by atoms with Gasteiger partial charge in [0, 0.05) is 64.0 Å². The fourth-order valence-electron chi connectivity index (χ4n) is 5.73. The predicted octanol–water partition coefficient (Wildman–Crippen LogP) is 3.77. The van der Waals surface area contributed by atoms with E-state index in [1.165, 1.54) is 18.4 Å². The van der Waals surface area contributed by atoms with Gasteiger partial charge in [-0.05, 0) is 60.7 Å². The maximum Gasteiger partial charge on any atom is 0.272 e. The molecule has 2 aliphatic heterocycles. The molecule has 3 aliphatic rings. The molecule has 1 aromatic heterocycles. The lowest BCUT2D eigenvalue weighted by molar-refractivity contribution is 0.0503. The molecule has 6 rings (SSSR count). The summed E-state index contributed by atoms with van der Waals surface area (Å²) in [6.07, 6.45) is 3.58. The molecule has 0 spiro atoms. The number of hydrogen-bond donors (Lipinski definition) is 1. The number of pyridine rings is 1. The van der Waals surface area contributed by atoms with Crippen LogP contribution in [0.1, 0.15) is 51.9 Å². The summed E-state index contributed by atoms with van der Waals surface area (Å²) >= 11 is 0. The minimum absolute atomic E-state index is 0.126. The summed E-state index contributed by atoms with van der Waals surface area (Å²) in [5.74, 6) is 2.77. The standard InChI is InChI=1S/C34H42N4O5/c1-36-13-15-37(16-14-36)21-29(39)23-42-30-11-12-35-31(18-30)34(40)38-19-28(20-38)27-9-10-32(33(17-27)41-2)43-22-24-3-5-25(6-4-24)26-7-8-26/h3-6,9-12,17-18,26,28-29,39H,7-8,13-16,19-23H2,1-2H3/t29-/m1/s1. The number of rotatable bonds is 12. The van der Waals surface area contributed by atoms with Gasteiger partial charge in [0.1, 0.15) is 30.8 Å². The van der Waals surface area contributed by atoms with E-state index in [4.69, 9.17) is 14.2 Å². The van der Waals surface area contributed by atoms with Gasteiger partial charge in [-0.25, -0.2) is 0 Å². The number of ether oxygens (including phenoxy) is 3. The zero-order valence-electron chi connectivity index (χ0n) is 25.2. The third kappa shape index (κ3) is 7.47. The Hall–Kier alpha value is -3.66. The molecule has 2 saturated heterocycles. The highest BCUT2D eigenvalue weighted by Gasteiger charge is 2.33. The Kier molecular flexibility index (Phi) is 9.11. The highest BCUT2D eigenvalue weighted by molar-refractivity contribution is 5.93. The summed E-state index contributed by atoms with van der Waals surface area (Å²) in [5.41, 5.74) is 4.01. The molecule has 1 aliphatic carbocycles. The van der Waals surface area contributed by atoms with Crippen molar-refractivity contribution in [1.82, 2.24) is 19.7 Å². The first-order valence-electron chi connectivity index (χ1n) is 15.3. The molecule has 3 aromatic rings. The highest BCUT2D eigenvalue weighted by atomic mass is 16.5. The van der Waals surface area contributed by atoms with Gasteiger partial charge in [0.15, 0.2) is 11.5 Å². The van der Waals surface area contributed by atoms with Gasteiger partial charge < -0.3 is 29.1 Å². The second-order valence-corrected chi connectivity index (χ2v) is 12.1. The topological polar surface area (TPSA) is 87.6 Å². The largest absolute Gasteiger partial charge is 0.493 e. The molecule has 3 heterocycles. The first kappa shape index (κ1) is 29.4. The van der Waals surface area contributed by atoms with Crippen LogP contribution in [0.15, 0.2) is 60.8 Å². The highest BCUT2D eigenvalue weighted by Crippen LogP contribution is 2.40. The van der Waals surface area contributed by atoms with Crippen molar-refractivity contribution in [3.05, 3.63) is 83.2 Å². The van der Waals surface area contributed by atoms with E-state index < -0.39 is 6.10 Å². The van der Waals surface area contributed by atoms with Crippen LogP contribution in [0.2, 0.25) is 0 Å². The van der Waals surface area contributed by atoms with E-state index in [1.807, 2.05) is 12.1 Å². The van der Waals surface area contributed by atoms with Gasteiger partial charge in [-0.1, -0.05) is 30.3 Å². The second kappa shape index (κ2) is 13.3. The quantitative estimate of drug-likeness (QED) is 0.343.